The normalized spacial score (nSPS) is 21.1. The molecule has 2 fully saturated rings. The van der Waals surface area contributed by atoms with Gasteiger partial charge in [0, 0.05) is 32.7 Å². The number of amides is 2. The molecule has 2 atom stereocenters. The zero-order chi connectivity index (χ0) is 20.9. The summed E-state index contributed by atoms with van der Waals surface area (Å²) < 4.78 is 11.2. The Morgan fingerprint density at radius 3 is 2.67 bits per heavy atom. The van der Waals surface area contributed by atoms with Crippen LogP contribution in [0.4, 0.5) is 5.69 Å². The van der Waals surface area contributed by atoms with E-state index < -0.39 is 0 Å². The number of anilines is 1. The molecule has 0 aromatic heterocycles. The third-order valence-corrected chi connectivity index (χ3v) is 5.83. The Bertz CT molecular complexity index is 880. The van der Waals surface area contributed by atoms with E-state index in [9.17, 15) is 9.59 Å². The second-order valence-corrected chi connectivity index (χ2v) is 7.92. The van der Waals surface area contributed by atoms with E-state index in [1.165, 1.54) is 0 Å². The molecule has 6 heteroatoms. The van der Waals surface area contributed by atoms with Crippen molar-refractivity contribution in [2.45, 2.75) is 31.9 Å². The number of carbonyl (C=O) groups excluding carboxylic acids is 2. The van der Waals surface area contributed by atoms with E-state index in [2.05, 4.69) is 0 Å². The summed E-state index contributed by atoms with van der Waals surface area (Å²) in [5.74, 6) is 0.238. The molecule has 30 heavy (non-hydrogen) atoms. The third-order valence-electron chi connectivity index (χ3n) is 5.83. The van der Waals surface area contributed by atoms with Gasteiger partial charge in [-0.3, -0.25) is 9.59 Å². The van der Waals surface area contributed by atoms with Gasteiger partial charge in [-0.25, -0.2) is 0 Å². The van der Waals surface area contributed by atoms with Gasteiger partial charge in [-0.15, -0.1) is 0 Å². The molecule has 2 unspecified atom stereocenters. The van der Waals surface area contributed by atoms with Crippen LogP contribution in [-0.2, 0) is 20.9 Å². The van der Waals surface area contributed by atoms with E-state index in [0.29, 0.717) is 31.1 Å². The van der Waals surface area contributed by atoms with Crippen molar-refractivity contribution in [3.63, 3.8) is 0 Å². The first kappa shape index (κ1) is 20.4. The number of carbonyl (C=O) groups is 2. The maximum atomic E-state index is 13.5. The van der Waals surface area contributed by atoms with E-state index in [-0.39, 0.29) is 30.3 Å². The molecule has 2 aliphatic rings. The maximum absolute atomic E-state index is 13.5. The summed E-state index contributed by atoms with van der Waals surface area (Å²) >= 11 is 0. The first-order valence-corrected chi connectivity index (χ1v) is 10.5. The van der Waals surface area contributed by atoms with Crippen LogP contribution in [0, 0.1) is 5.92 Å². The standard InChI is InChI=1S/C24H28N2O4/c1-29-22-12-6-5-11-21(22)26-16-19(14-23(26)27)24(28)25(17-20-10-7-13-30-20)15-18-8-3-2-4-9-18/h2-6,8-9,11-12,19-20H,7,10,13-17H2,1H3. The molecule has 2 aliphatic heterocycles. The van der Waals surface area contributed by atoms with E-state index >= 15 is 0 Å². The van der Waals surface area contributed by atoms with Crippen LogP contribution in [0.3, 0.4) is 0 Å². The van der Waals surface area contributed by atoms with Crippen LogP contribution >= 0.6 is 0 Å². The highest BCUT2D eigenvalue weighted by Gasteiger charge is 2.38. The lowest BCUT2D eigenvalue weighted by molar-refractivity contribution is -0.138. The largest absolute Gasteiger partial charge is 0.495 e. The Morgan fingerprint density at radius 2 is 1.93 bits per heavy atom. The van der Waals surface area contributed by atoms with Crippen LogP contribution in [0.25, 0.3) is 0 Å². The molecular formula is C24H28N2O4. The zero-order valence-corrected chi connectivity index (χ0v) is 17.3. The molecule has 2 aromatic carbocycles. The van der Waals surface area contributed by atoms with Gasteiger partial charge in [0.1, 0.15) is 5.75 Å². The van der Waals surface area contributed by atoms with Crippen molar-refractivity contribution in [2.75, 3.05) is 31.7 Å². The van der Waals surface area contributed by atoms with Gasteiger partial charge >= 0.3 is 0 Å². The average Bonchev–Trinajstić information content (AvgIpc) is 3.43. The summed E-state index contributed by atoms with van der Waals surface area (Å²) in [4.78, 5) is 29.8. The second kappa shape index (κ2) is 9.30. The number of benzene rings is 2. The van der Waals surface area contributed by atoms with E-state index in [1.807, 2.05) is 59.5 Å². The highest BCUT2D eigenvalue weighted by atomic mass is 16.5. The number of methoxy groups -OCH3 is 1. The van der Waals surface area contributed by atoms with Gasteiger partial charge in [-0.1, -0.05) is 42.5 Å². The van der Waals surface area contributed by atoms with Crippen molar-refractivity contribution in [3.05, 3.63) is 60.2 Å². The molecule has 158 valence electrons. The molecule has 2 heterocycles. The molecule has 0 bridgehead atoms. The highest BCUT2D eigenvalue weighted by Crippen LogP contribution is 2.33. The van der Waals surface area contributed by atoms with Crippen molar-refractivity contribution in [2.24, 2.45) is 5.92 Å². The molecule has 2 aromatic rings. The van der Waals surface area contributed by atoms with Crippen molar-refractivity contribution >= 4 is 17.5 Å². The van der Waals surface area contributed by atoms with Crippen LogP contribution in [0.2, 0.25) is 0 Å². The lowest BCUT2D eigenvalue weighted by Crippen LogP contribution is -2.41. The van der Waals surface area contributed by atoms with Crippen molar-refractivity contribution in [1.82, 2.24) is 4.90 Å². The van der Waals surface area contributed by atoms with Gasteiger partial charge in [-0.05, 0) is 30.5 Å². The Morgan fingerprint density at radius 1 is 1.17 bits per heavy atom. The third kappa shape index (κ3) is 4.49. The minimum atomic E-state index is -0.368. The predicted octanol–water partition coefficient (Wildman–Crippen LogP) is 3.26. The monoisotopic (exact) mass is 408 g/mol. The fourth-order valence-corrected chi connectivity index (χ4v) is 4.29. The minimum Gasteiger partial charge on any atom is -0.495 e. The van der Waals surface area contributed by atoms with Crippen LogP contribution in [0.5, 0.6) is 5.75 Å². The lowest BCUT2D eigenvalue weighted by Gasteiger charge is -2.28. The average molecular weight is 408 g/mol. The molecular weight excluding hydrogens is 380 g/mol. The Kier molecular flexibility index (Phi) is 6.33. The minimum absolute atomic E-state index is 0.0140. The zero-order valence-electron chi connectivity index (χ0n) is 17.3. The molecule has 0 saturated carbocycles. The summed E-state index contributed by atoms with van der Waals surface area (Å²) in [7, 11) is 1.59. The molecule has 4 rings (SSSR count). The Balaban J connectivity index is 1.51. The van der Waals surface area contributed by atoms with Gasteiger partial charge in [0.15, 0.2) is 0 Å². The topological polar surface area (TPSA) is 59.1 Å². The number of rotatable bonds is 7. The number of hydrogen-bond acceptors (Lipinski definition) is 4. The summed E-state index contributed by atoms with van der Waals surface area (Å²) in [6, 6.07) is 17.4. The number of hydrogen-bond donors (Lipinski definition) is 0. The fourth-order valence-electron chi connectivity index (χ4n) is 4.29. The summed E-state index contributed by atoms with van der Waals surface area (Å²) in [6.45, 7) is 2.21. The van der Waals surface area contributed by atoms with Crippen molar-refractivity contribution in [1.29, 1.82) is 0 Å². The molecule has 0 N–H and O–H groups in total. The first-order valence-electron chi connectivity index (χ1n) is 10.5. The molecule has 6 nitrogen and oxygen atoms in total. The van der Waals surface area contributed by atoms with Gasteiger partial charge in [-0.2, -0.15) is 0 Å². The second-order valence-electron chi connectivity index (χ2n) is 7.92. The van der Waals surface area contributed by atoms with Crippen LogP contribution in [-0.4, -0.2) is 49.6 Å². The molecule has 0 radical (unpaired) electrons. The van der Waals surface area contributed by atoms with Gasteiger partial charge in [0.05, 0.1) is 24.8 Å². The Hall–Kier alpha value is -2.86. The summed E-state index contributed by atoms with van der Waals surface area (Å²) in [6.07, 6.45) is 2.28. The predicted molar refractivity (Wildman–Crippen MR) is 114 cm³/mol. The molecule has 0 spiro atoms. The van der Waals surface area contributed by atoms with Crippen LogP contribution in [0.1, 0.15) is 24.8 Å². The first-order chi connectivity index (χ1) is 14.7. The maximum Gasteiger partial charge on any atom is 0.228 e. The highest BCUT2D eigenvalue weighted by molar-refractivity contribution is 6.01. The Labute approximate surface area is 177 Å². The van der Waals surface area contributed by atoms with E-state index in [0.717, 1.165) is 25.0 Å². The number of para-hydroxylation sites is 2. The van der Waals surface area contributed by atoms with E-state index in [4.69, 9.17) is 9.47 Å². The quantitative estimate of drug-likeness (QED) is 0.706. The van der Waals surface area contributed by atoms with Gasteiger partial charge in [0.2, 0.25) is 11.8 Å². The van der Waals surface area contributed by atoms with Gasteiger partial charge < -0.3 is 19.3 Å². The summed E-state index contributed by atoms with van der Waals surface area (Å²) in [5.41, 5.74) is 1.80. The molecule has 0 aliphatic carbocycles. The fraction of sp³-hybridized carbons (Fsp3) is 0.417. The number of ether oxygens (including phenoxy) is 2. The van der Waals surface area contributed by atoms with Crippen LogP contribution < -0.4 is 9.64 Å². The SMILES string of the molecule is COc1ccccc1N1CC(C(=O)N(Cc2ccccc2)CC2CCCO2)CC1=O. The van der Waals surface area contributed by atoms with E-state index in [1.54, 1.807) is 12.0 Å². The molecule has 2 amide bonds. The van der Waals surface area contributed by atoms with Crippen molar-refractivity contribution in [3.8, 4) is 5.75 Å². The van der Waals surface area contributed by atoms with Crippen molar-refractivity contribution < 1.29 is 19.1 Å². The summed E-state index contributed by atoms with van der Waals surface area (Å²) in [5, 5.41) is 0. The molecule has 2 saturated heterocycles. The number of nitrogens with zero attached hydrogens (tertiary/aromatic N) is 2. The van der Waals surface area contributed by atoms with Gasteiger partial charge in [0.25, 0.3) is 0 Å². The van der Waals surface area contributed by atoms with Crippen LogP contribution in [0.15, 0.2) is 54.6 Å². The smallest absolute Gasteiger partial charge is 0.228 e. The lowest BCUT2D eigenvalue weighted by atomic mass is 10.1.